The molecular weight excluding hydrogens is 549 g/mol. The SMILES string of the molecule is CC[Si](CC)(CC)O[C@H]1[C@H](C)[C@@H](OC(=O)c2ccccc2)[C@@H]2[C@@H]1C=C(C)[C@@H](CO[Si](C)(C)C(C)(C)C)[C@H]2C(=O)OC. The standard InChI is InChI=1S/C33H54O6Si2/c1-12-41(13-2,14-3)39-29-23(5)30(38-31(34)24-18-16-15-17-19-24)27-25(29)20-22(4)26(28(27)32(35)36-9)21-37-40(10,11)33(6,7)8/h15-20,23,25-30H,12-14,21H2,1-11H3/t23-,25-,26+,27+,28+,29-,30+/m0/s1. The minimum absolute atomic E-state index is 0.0472. The molecule has 1 saturated carbocycles. The second kappa shape index (κ2) is 13.3. The van der Waals surface area contributed by atoms with Crippen LogP contribution in [0.2, 0.25) is 36.3 Å². The predicted octanol–water partition coefficient (Wildman–Crippen LogP) is 7.87. The molecular formula is C33H54O6Si2. The van der Waals surface area contributed by atoms with Crippen molar-refractivity contribution in [2.75, 3.05) is 13.7 Å². The second-order valence-corrected chi connectivity index (χ2v) is 23.2. The molecule has 8 heteroatoms. The fourth-order valence-corrected chi connectivity index (χ4v) is 10.6. The highest BCUT2D eigenvalue weighted by atomic mass is 28.4. The molecule has 0 aliphatic heterocycles. The van der Waals surface area contributed by atoms with Crippen molar-refractivity contribution in [1.29, 1.82) is 0 Å². The van der Waals surface area contributed by atoms with Crippen LogP contribution >= 0.6 is 0 Å². The van der Waals surface area contributed by atoms with Crippen LogP contribution in [0.5, 0.6) is 0 Å². The number of fused-ring (bicyclic) bond motifs is 1. The summed E-state index contributed by atoms with van der Waals surface area (Å²) >= 11 is 0. The van der Waals surface area contributed by atoms with Crippen molar-refractivity contribution in [2.45, 2.75) is 104 Å². The average Bonchev–Trinajstić information content (AvgIpc) is 3.18. The van der Waals surface area contributed by atoms with Crippen LogP contribution in [-0.2, 0) is 23.1 Å². The van der Waals surface area contributed by atoms with Gasteiger partial charge in [-0.25, -0.2) is 4.79 Å². The van der Waals surface area contributed by atoms with Gasteiger partial charge in [-0.1, -0.05) is 78.3 Å². The number of carbonyl (C=O) groups is 2. The maximum Gasteiger partial charge on any atom is 0.338 e. The van der Waals surface area contributed by atoms with Crippen molar-refractivity contribution in [1.82, 2.24) is 0 Å². The maximum atomic E-state index is 13.7. The number of carbonyl (C=O) groups excluding carboxylic acids is 2. The first-order valence-corrected chi connectivity index (χ1v) is 20.9. The molecule has 3 rings (SSSR count). The lowest BCUT2D eigenvalue weighted by Crippen LogP contribution is -2.48. The summed E-state index contributed by atoms with van der Waals surface area (Å²) < 4.78 is 25.7. The van der Waals surface area contributed by atoms with Crippen molar-refractivity contribution >= 4 is 28.6 Å². The van der Waals surface area contributed by atoms with Gasteiger partial charge in [-0.05, 0) is 55.3 Å². The number of benzene rings is 1. The molecule has 0 spiro atoms. The zero-order chi connectivity index (χ0) is 30.8. The third-order valence-electron chi connectivity index (χ3n) is 10.6. The van der Waals surface area contributed by atoms with Gasteiger partial charge in [0.05, 0.1) is 24.7 Å². The van der Waals surface area contributed by atoms with E-state index in [-0.39, 0.29) is 46.8 Å². The smallest absolute Gasteiger partial charge is 0.338 e. The van der Waals surface area contributed by atoms with Crippen LogP contribution in [0, 0.1) is 29.6 Å². The molecule has 1 fully saturated rings. The highest BCUT2D eigenvalue weighted by molar-refractivity contribution is 6.74. The van der Waals surface area contributed by atoms with Crippen LogP contribution in [0.15, 0.2) is 42.0 Å². The zero-order valence-electron chi connectivity index (χ0n) is 27.3. The highest BCUT2D eigenvalue weighted by Gasteiger charge is 2.60. The topological polar surface area (TPSA) is 71.1 Å². The zero-order valence-corrected chi connectivity index (χ0v) is 29.3. The Kier molecular flexibility index (Phi) is 10.9. The molecule has 2 aliphatic rings. The molecule has 0 saturated heterocycles. The van der Waals surface area contributed by atoms with Crippen LogP contribution in [0.1, 0.15) is 65.7 Å². The van der Waals surface area contributed by atoms with Gasteiger partial charge in [0.2, 0.25) is 0 Å². The number of rotatable bonds is 11. The minimum Gasteiger partial charge on any atom is -0.469 e. The Balaban J connectivity index is 2.09. The van der Waals surface area contributed by atoms with E-state index >= 15 is 0 Å². The summed E-state index contributed by atoms with van der Waals surface area (Å²) in [4.78, 5) is 27.1. The quantitative estimate of drug-likeness (QED) is 0.146. The van der Waals surface area contributed by atoms with Gasteiger partial charge in [-0.3, -0.25) is 4.79 Å². The average molecular weight is 603 g/mol. The summed E-state index contributed by atoms with van der Waals surface area (Å²) in [5.74, 6) is -1.68. The molecule has 41 heavy (non-hydrogen) atoms. The lowest BCUT2D eigenvalue weighted by atomic mass is 9.68. The normalized spacial score (nSPS) is 28.6. The van der Waals surface area contributed by atoms with Crippen LogP contribution < -0.4 is 0 Å². The van der Waals surface area contributed by atoms with Gasteiger partial charge < -0.3 is 18.3 Å². The Morgan fingerprint density at radius 1 is 0.951 bits per heavy atom. The van der Waals surface area contributed by atoms with Crippen LogP contribution in [0.4, 0.5) is 0 Å². The summed E-state index contributed by atoms with van der Waals surface area (Å²) in [7, 11) is -2.61. The van der Waals surface area contributed by atoms with Crippen LogP contribution in [0.3, 0.4) is 0 Å². The molecule has 0 heterocycles. The third-order valence-corrected chi connectivity index (χ3v) is 19.7. The van der Waals surface area contributed by atoms with Crippen LogP contribution in [0.25, 0.3) is 0 Å². The van der Waals surface area contributed by atoms with Gasteiger partial charge in [0.1, 0.15) is 6.10 Å². The van der Waals surface area contributed by atoms with Crippen molar-refractivity contribution in [2.24, 2.45) is 29.6 Å². The van der Waals surface area contributed by atoms with E-state index in [4.69, 9.17) is 18.3 Å². The van der Waals surface area contributed by atoms with Crippen LogP contribution in [-0.4, -0.2) is 54.5 Å². The van der Waals surface area contributed by atoms with Crippen molar-refractivity contribution in [3.05, 3.63) is 47.5 Å². The molecule has 0 N–H and O–H groups in total. The molecule has 1 aromatic carbocycles. The molecule has 0 amide bonds. The van der Waals surface area contributed by atoms with Crippen molar-refractivity contribution in [3.63, 3.8) is 0 Å². The van der Waals surface area contributed by atoms with Gasteiger partial charge in [-0.15, -0.1) is 0 Å². The lowest BCUT2D eigenvalue weighted by molar-refractivity contribution is -0.153. The predicted molar refractivity (Wildman–Crippen MR) is 170 cm³/mol. The highest BCUT2D eigenvalue weighted by Crippen LogP contribution is 2.53. The van der Waals surface area contributed by atoms with Gasteiger partial charge in [-0.2, -0.15) is 0 Å². The summed E-state index contributed by atoms with van der Waals surface area (Å²) in [6.45, 7) is 22.5. The van der Waals surface area contributed by atoms with E-state index in [0.717, 1.165) is 23.7 Å². The Labute approximate surface area is 250 Å². The third kappa shape index (κ3) is 6.92. The van der Waals surface area contributed by atoms with E-state index in [2.05, 4.69) is 74.6 Å². The van der Waals surface area contributed by atoms with E-state index in [1.807, 2.05) is 18.2 Å². The van der Waals surface area contributed by atoms with E-state index < -0.39 is 28.7 Å². The Bertz CT molecular complexity index is 1070. The first kappa shape index (κ1) is 33.8. The largest absolute Gasteiger partial charge is 0.469 e. The Morgan fingerprint density at radius 3 is 2.05 bits per heavy atom. The van der Waals surface area contributed by atoms with E-state index in [1.165, 1.54) is 7.11 Å². The van der Waals surface area contributed by atoms with E-state index in [1.54, 1.807) is 12.1 Å². The number of hydrogen-bond donors (Lipinski definition) is 0. The van der Waals surface area contributed by atoms with Gasteiger partial charge in [0, 0.05) is 30.3 Å². The van der Waals surface area contributed by atoms with Gasteiger partial charge in [0.25, 0.3) is 0 Å². The second-order valence-electron chi connectivity index (χ2n) is 13.7. The molecule has 7 atom stereocenters. The lowest BCUT2D eigenvalue weighted by Gasteiger charge is -2.43. The fourth-order valence-electron chi connectivity index (χ4n) is 6.59. The van der Waals surface area contributed by atoms with Gasteiger partial charge >= 0.3 is 11.9 Å². The number of esters is 2. The first-order valence-electron chi connectivity index (χ1n) is 15.5. The maximum absolute atomic E-state index is 13.7. The molecule has 1 aromatic rings. The number of hydrogen-bond acceptors (Lipinski definition) is 6. The molecule has 0 unspecified atom stereocenters. The summed E-state index contributed by atoms with van der Waals surface area (Å²) in [6.07, 6.45) is 1.68. The summed E-state index contributed by atoms with van der Waals surface area (Å²) in [5.41, 5.74) is 1.64. The summed E-state index contributed by atoms with van der Waals surface area (Å²) in [6, 6.07) is 12.2. The fraction of sp³-hybridized carbons (Fsp3) is 0.697. The monoisotopic (exact) mass is 602 g/mol. The first-order chi connectivity index (χ1) is 19.2. The van der Waals surface area contributed by atoms with Gasteiger partial charge in [0.15, 0.2) is 16.6 Å². The molecule has 0 radical (unpaired) electrons. The molecule has 6 nitrogen and oxygen atoms in total. The summed E-state index contributed by atoms with van der Waals surface area (Å²) in [5, 5.41) is 0.0472. The van der Waals surface area contributed by atoms with Crippen molar-refractivity contribution < 1.29 is 27.9 Å². The minimum atomic E-state index is -2.07. The van der Waals surface area contributed by atoms with E-state index in [9.17, 15) is 9.59 Å². The molecule has 230 valence electrons. The molecule has 0 aromatic heterocycles. The number of methoxy groups -OCH3 is 1. The Morgan fingerprint density at radius 2 is 1.54 bits per heavy atom. The number of ether oxygens (including phenoxy) is 2. The molecule has 2 aliphatic carbocycles. The Hall–Kier alpha value is -1.75. The molecule has 0 bridgehead atoms. The van der Waals surface area contributed by atoms with E-state index in [0.29, 0.717) is 12.2 Å². The van der Waals surface area contributed by atoms with Crippen molar-refractivity contribution in [3.8, 4) is 0 Å².